The Bertz CT molecular complexity index is 88.9. The average molecular weight is 157 g/mol. The summed E-state index contributed by atoms with van der Waals surface area (Å²) in [5.41, 5.74) is 0. The van der Waals surface area contributed by atoms with Crippen LogP contribution in [0.1, 0.15) is 40.5 Å². The fourth-order valence-corrected chi connectivity index (χ4v) is 1.12. The standard InChI is InChI=1S/C10H23N/c1-6-7-8-11(5)10(4)9(2)3/h9-10H,6-8H2,1-5H3. The normalized spacial score (nSPS) is 14.5. The fourth-order valence-electron chi connectivity index (χ4n) is 1.12. The van der Waals surface area contributed by atoms with E-state index in [1.807, 2.05) is 0 Å². The van der Waals surface area contributed by atoms with Crippen molar-refractivity contribution in [2.75, 3.05) is 13.6 Å². The van der Waals surface area contributed by atoms with Crippen LogP contribution in [0.15, 0.2) is 0 Å². The van der Waals surface area contributed by atoms with Gasteiger partial charge in [0.15, 0.2) is 0 Å². The lowest BCUT2D eigenvalue weighted by molar-refractivity contribution is 0.205. The van der Waals surface area contributed by atoms with Crippen LogP contribution in [0.4, 0.5) is 0 Å². The molecule has 0 saturated carbocycles. The molecule has 0 fully saturated rings. The van der Waals surface area contributed by atoms with E-state index < -0.39 is 0 Å². The van der Waals surface area contributed by atoms with E-state index in [2.05, 4.69) is 39.6 Å². The number of hydrogen-bond donors (Lipinski definition) is 0. The van der Waals surface area contributed by atoms with Crippen molar-refractivity contribution in [3.63, 3.8) is 0 Å². The quantitative estimate of drug-likeness (QED) is 0.593. The first kappa shape index (κ1) is 11.0. The molecule has 1 unspecified atom stereocenters. The van der Waals surface area contributed by atoms with E-state index in [0.29, 0.717) is 0 Å². The van der Waals surface area contributed by atoms with Gasteiger partial charge >= 0.3 is 0 Å². The predicted molar refractivity (Wildman–Crippen MR) is 51.8 cm³/mol. The molecular weight excluding hydrogens is 134 g/mol. The third kappa shape index (κ3) is 4.41. The maximum atomic E-state index is 2.45. The second kappa shape index (κ2) is 5.59. The van der Waals surface area contributed by atoms with E-state index in [0.717, 1.165) is 12.0 Å². The lowest BCUT2D eigenvalue weighted by atomic mass is 10.1. The largest absolute Gasteiger partial charge is 0.303 e. The molecule has 0 aromatic rings. The molecule has 1 atom stereocenters. The molecule has 0 saturated heterocycles. The topological polar surface area (TPSA) is 3.24 Å². The van der Waals surface area contributed by atoms with E-state index in [1.54, 1.807) is 0 Å². The van der Waals surface area contributed by atoms with Crippen molar-refractivity contribution in [1.82, 2.24) is 4.90 Å². The number of nitrogens with zero attached hydrogens (tertiary/aromatic N) is 1. The van der Waals surface area contributed by atoms with Gasteiger partial charge in [-0.05, 0) is 32.9 Å². The highest BCUT2D eigenvalue weighted by Crippen LogP contribution is 2.08. The van der Waals surface area contributed by atoms with Crippen LogP contribution in [0.3, 0.4) is 0 Å². The van der Waals surface area contributed by atoms with Gasteiger partial charge < -0.3 is 4.90 Å². The van der Waals surface area contributed by atoms with Gasteiger partial charge in [0.05, 0.1) is 0 Å². The first-order valence-corrected chi connectivity index (χ1v) is 4.79. The highest BCUT2D eigenvalue weighted by atomic mass is 15.1. The van der Waals surface area contributed by atoms with Crippen molar-refractivity contribution < 1.29 is 0 Å². The number of unbranched alkanes of at least 4 members (excludes halogenated alkanes) is 1. The zero-order valence-corrected chi connectivity index (χ0v) is 8.72. The van der Waals surface area contributed by atoms with Crippen LogP contribution in [0.5, 0.6) is 0 Å². The molecule has 0 bridgehead atoms. The Morgan fingerprint density at radius 2 is 1.73 bits per heavy atom. The maximum Gasteiger partial charge on any atom is 0.00868 e. The van der Waals surface area contributed by atoms with Crippen LogP contribution < -0.4 is 0 Å². The Hall–Kier alpha value is -0.0400. The van der Waals surface area contributed by atoms with Crippen LogP contribution in [0.25, 0.3) is 0 Å². The molecule has 0 radical (unpaired) electrons. The minimum absolute atomic E-state index is 0.724. The molecule has 0 aliphatic heterocycles. The highest BCUT2D eigenvalue weighted by Gasteiger charge is 2.11. The fraction of sp³-hybridized carbons (Fsp3) is 1.00. The van der Waals surface area contributed by atoms with Gasteiger partial charge in [0.1, 0.15) is 0 Å². The minimum atomic E-state index is 0.724. The summed E-state index contributed by atoms with van der Waals surface area (Å²) in [7, 11) is 2.22. The van der Waals surface area contributed by atoms with Crippen molar-refractivity contribution >= 4 is 0 Å². The van der Waals surface area contributed by atoms with E-state index in [9.17, 15) is 0 Å². The van der Waals surface area contributed by atoms with Gasteiger partial charge in [-0.1, -0.05) is 27.2 Å². The summed E-state index contributed by atoms with van der Waals surface area (Å²) in [6, 6.07) is 0.724. The Labute approximate surface area is 71.8 Å². The lowest BCUT2D eigenvalue weighted by Crippen LogP contribution is -2.33. The van der Waals surface area contributed by atoms with Crippen LogP contribution in [0, 0.1) is 5.92 Å². The van der Waals surface area contributed by atoms with Gasteiger partial charge in [0.2, 0.25) is 0 Å². The molecule has 0 N–H and O–H groups in total. The monoisotopic (exact) mass is 157 g/mol. The second-order valence-corrected chi connectivity index (χ2v) is 3.82. The lowest BCUT2D eigenvalue weighted by Gasteiger charge is -2.27. The van der Waals surface area contributed by atoms with Gasteiger partial charge in [0.25, 0.3) is 0 Å². The van der Waals surface area contributed by atoms with E-state index in [-0.39, 0.29) is 0 Å². The van der Waals surface area contributed by atoms with E-state index >= 15 is 0 Å². The van der Waals surface area contributed by atoms with Crippen LogP contribution in [0.2, 0.25) is 0 Å². The van der Waals surface area contributed by atoms with Gasteiger partial charge in [0, 0.05) is 6.04 Å². The first-order valence-electron chi connectivity index (χ1n) is 4.79. The van der Waals surface area contributed by atoms with Crippen molar-refractivity contribution in [1.29, 1.82) is 0 Å². The van der Waals surface area contributed by atoms with Crippen molar-refractivity contribution in [2.45, 2.75) is 46.6 Å². The molecule has 0 aliphatic carbocycles. The Kier molecular flexibility index (Phi) is 5.57. The highest BCUT2D eigenvalue weighted by molar-refractivity contribution is 4.65. The van der Waals surface area contributed by atoms with Crippen LogP contribution in [-0.2, 0) is 0 Å². The summed E-state index contributed by atoms with van der Waals surface area (Å²) in [6.07, 6.45) is 2.63. The molecule has 0 aromatic carbocycles. The summed E-state index contributed by atoms with van der Waals surface area (Å²) >= 11 is 0. The summed E-state index contributed by atoms with van der Waals surface area (Å²) in [5.74, 6) is 0.775. The summed E-state index contributed by atoms with van der Waals surface area (Å²) < 4.78 is 0. The second-order valence-electron chi connectivity index (χ2n) is 3.82. The first-order chi connectivity index (χ1) is 5.09. The smallest absolute Gasteiger partial charge is 0.00868 e. The van der Waals surface area contributed by atoms with Crippen LogP contribution in [-0.4, -0.2) is 24.5 Å². The Morgan fingerprint density at radius 3 is 2.09 bits per heavy atom. The number of hydrogen-bond acceptors (Lipinski definition) is 1. The van der Waals surface area contributed by atoms with Crippen molar-refractivity contribution in [3.8, 4) is 0 Å². The summed E-state index contributed by atoms with van der Waals surface area (Å²) in [5, 5.41) is 0. The molecule has 0 amide bonds. The van der Waals surface area contributed by atoms with E-state index in [4.69, 9.17) is 0 Å². The maximum absolute atomic E-state index is 2.45. The third-order valence-electron chi connectivity index (χ3n) is 2.52. The molecule has 1 heteroatoms. The SMILES string of the molecule is CCCCN(C)C(C)C(C)C. The van der Waals surface area contributed by atoms with Gasteiger partial charge in [-0.15, -0.1) is 0 Å². The van der Waals surface area contributed by atoms with E-state index in [1.165, 1.54) is 19.4 Å². The number of rotatable bonds is 5. The summed E-state index contributed by atoms with van der Waals surface area (Å²) in [4.78, 5) is 2.45. The van der Waals surface area contributed by atoms with Gasteiger partial charge in [-0.2, -0.15) is 0 Å². The predicted octanol–water partition coefficient (Wildman–Crippen LogP) is 2.76. The van der Waals surface area contributed by atoms with Gasteiger partial charge in [-0.25, -0.2) is 0 Å². The Balaban J connectivity index is 3.55. The van der Waals surface area contributed by atoms with Crippen molar-refractivity contribution in [3.05, 3.63) is 0 Å². The molecule has 0 spiro atoms. The molecule has 68 valence electrons. The molecule has 0 aliphatic rings. The Morgan fingerprint density at radius 1 is 1.18 bits per heavy atom. The average Bonchev–Trinajstić information content (AvgIpc) is 1.98. The molecule has 11 heavy (non-hydrogen) atoms. The zero-order valence-electron chi connectivity index (χ0n) is 8.72. The molecule has 0 rings (SSSR count). The molecule has 0 aromatic heterocycles. The summed E-state index contributed by atoms with van der Waals surface area (Å²) in [6.45, 7) is 10.4. The molecular formula is C10H23N. The van der Waals surface area contributed by atoms with Crippen LogP contribution >= 0.6 is 0 Å². The molecule has 0 heterocycles. The molecule has 1 nitrogen and oxygen atoms in total. The van der Waals surface area contributed by atoms with Crippen molar-refractivity contribution in [2.24, 2.45) is 5.92 Å². The minimum Gasteiger partial charge on any atom is -0.303 e. The van der Waals surface area contributed by atoms with Gasteiger partial charge in [-0.3, -0.25) is 0 Å². The third-order valence-corrected chi connectivity index (χ3v) is 2.52. The zero-order chi connectivity index (χ0) is 8.85.